The van der Waals surface area contributed by atoms with E-state index in [2.05, 4.69) is 6.07 Å². The lowest BCUT2D eigenvalue weighted by atomic mass is 10.0. The number of hydrogen-bond acceptors (Lipinski definition) is 4. The molecule has 2 aromatic carbocycles. The number of halogens is 1. The van der Waals surface area contributed by atoms with Crippen LogP contribution in [0.5, 0.6) is 0 Å². The van der Waals surface area contributed by atoms with Crippen molar-refractivity contribution in [2.75, 3.05) is 31.1 Å². The maximum Gasteiger partial charge on any atom is 0.271 e. The molecule has 0 aliphatic carbocycles. The van der Waals surface area contributed by atoms with Crippen molar-refractivity contribution in [1.82, 2.24) is 9.47 Å². The Labute approximate surface area is 179 Å². The highest BCUT2D eigenvalue weighted by molar-refractivity contribution is 5.95. The Bertz CT molecular complexity index is 1250. The SMILES string of the molecule is CC(=O)N1CCN(c2c(C#N)c(=O)n(Cc3ccc(F)cc3)c3ccc(C)cc23)CC1. The molecule has 31 heavy (non-hydrogen) atoms. The first-order chi connectivity index (χ1) is 14.9. The van der Waals surface area contributed by atoms with Crippen LogP contribution in [0.3, 0.4) is 0 Å². The fraction of sp³-hybridized carbons (Fsp3) is 0.292. The molecule has 7 heteroatoms. The number of piperazine rings is 1. The van der Waals surface area contributed by atoms with E-state index in [0.717, 1.165) is 22.0 Å². The summed E-state index contributed by atoms with van der Waals surface area (Å²) in [5, 5.41) is 10.7. The summed E-state index contributed by atoms with van der Waals surface area (Å²) in [4.78, 5) is 28.9. The van der Waals surface area contributed by atoms with E-state index in [0.29, 0.717) is 31.9 Å². The fourth-order valence-corrected chi connectivity index (χ4v) is 4.16. The third-order valence-corrected chi connectivity index (χ3v) is 5.80. The van der Waals surface area contributed by atoms with Crippen molar-refractivity contribution in [1.29, 1.82) is 5.26 Å². The van der Waals surface area contributed by atoms with Crippen molar-refractivity contribution in [3.63, 3.8) is 0 Å². The van der Waals surface area contributed by atoms with E-state index >= 15 is 0 Å². The lowest BCUT2D eigenvalue weighted by Gasteiger charge is -2.36. The van der Waals surface area contributed by atoms with E-state index in [4.69, 9.17) is 0 Å². The van der Waals surface area contributed by atoms with Crippen molar-refractivity contribution >= 4 is 22.5 Å². The summed E-state index contributed by atoms with van der Waals surface area (Å²) < 4.78 is 14.9. The molecular weight excluding hydrogens is 395 g/mol. The molecule has 158 valence electrons. The molecule has 1 aromatic heterocycles. The quantitative estimate of drug-likeness (QED) is 0.656. The Hall–Kier alpha value is -3.66. The van der Waals surface area contributed by atoms with Gasteiger partial charge in [-0.3, -0.25) is 9.59 Å². The summed E-state index contributed by atoms with van der Waals surface area (Å²) in [5.41, 5.74) is 2.88. The average Bonchev–Trinajstić information content (AvgIpc) is 2.76. The van der Waals surface area contributed by atoms with Gasteiger partial charge in [-0.2, -0.15) is 5.26 Å². The van der Waals surface area contributed by atoms with E-state index < -0.39 is 0 Å². The molecule has 0 radical (unpaired) electrons. The molecule has 0 bridgehead atoms. The van der Waals surface area contributed by atoms with Crippen LogP contribution in [0.25, 0.3) is 10.9 Å². The Kier molecular flexibility index (Phi) is 5.47. The van der Waals surface area contributed by atoms with Gasteiger partial charge in [-0.05, 0) is 36.8 Å². The van der Waals surface area contributed by atoms with Crippen LogP contribution in [0.2, 0.25) is 0 Å². The first-order valence-electron chi connectivity index (χ1n) is 10.2. The van der Waals surface area contributed by atoms with Crippen molar-refractivity contribution in [2.45, 2.75) is 20.4 Å². The van der Waals surface area contributed by atoms with E-state index in [1.54, 1.807) is 28.5 Å². The molecule has 3 aromatic rings. The topological polar surface area (TPSA) is 69.3 Å². The highest BCUT2D eigenvalue weighted by atomic mass is 19.1. The third kappa shape index (κ3) is 3.89. The number of hydrogen-bond donors (Lipinski definition) is 0. The summed E-state index contributed by atoms with van der Waals surface area (Å²) in [7, 11) is 0. The lowest BCUT2D eigenvalue weighted by molar-refractivity contribution is -0.129. The van der Waals surface area contributed by atoms with Crippen molar-refractivity contribution < 1.29 is 9.18 Å². The summed E-state index contributed by atoms with van der Waals surface area (Å²) in [6.07, 6.45) is 0. The van der Waals surface area contributed by atoms with Gasteiger partial charge in [-0.1, -0.05) is 23.8 Å². The van der Waals surface area contributed by atoms with E-state index in [1.165, 1.54) is 12.1 Å². The Balaban J connectivity index is 1.87. The van der Waals surface area contributed by atoms with Crippen LogP contribution in [0.4, 0.5) is 10.1 Å². The lowest BCUT2D eigenvalue weighted by Crippen LogP contribution is -2.48. The van der Waals surface area contributed by atoms with Gasteiger partial charge in [0.2, 0.25) is 5.91 Å². The maximum absolute atomic E-state index is 13.4. The number of amides is 1. The zero-order chi connectivity index (χ0) is 22.1. The number of rotatable bonds is 3. The molecule has 0 N–H and O–H groups in total. The third-order valence-electron chi connectivity index (χ3n) is 5.80. The van der Waals surface area contributed by atoms with Crippen LogP contribution in [0.1, 0.15) is 23.6 Å². The number of pyridine rings is 1. The molecule has 4 rings (SSSR count). The highest BCUT2D eigenvalue weighted by Gasteiger charge is 2.25. The molecule has 1 aliphatic heterocycles. The summed E-state index contributed by atoms with van der Waals surface area (Å²) >= 11 is 0. The molecule has 1 saturated heterocycles. The molecule has 1 amide bonds. The normalized spacial score (nSPS) is 14.0. The van der Waals surface area contributed by atoms with Gasteiger partial charge in [0.15, 0.2) is 0 Å². The number of nitrogens with zero attached hydrogens (tertiary/aromatic N) is 4. The van der Waals surface area contributed by atoms with Crippen LogP contribution in [-0.4, -0.2) is 41.6 Å². The van der Waals surface area contributed by atoms with Crippen molar-refractivity contribution in [3.05, 3.63) is 75.3 Å². The van der Waals surface area contributed by atoms with Gasteiger partial charge < -0.3 is 14.4 Å². The fourth-order valence-electron chi connectivity index (χ4n) is 4.16. The van der Waals surface area contributed by atoms with Crippen LogP contribution in [0.15, 0.2) is 47.3 Å². The van der Waals surface area contributed by atoms with Crippen molar-refractivity contribution in [2.24, 2.45) is 0 Å². The van der Waals surface area contributed by atoms with E-state index in [1.807, 2.05) is 30.0 Å². The standard InChI is InChI=1S/C24H23FN4O2/c1-16-3-8-22-20(13-16)23(28-11-9-27(10-12-28)17(2)30)21(14-26)24(31)29(22)15-18-4-6-19(25)7-5-18/h3-8,13H,9-12,15H2,1-2H3. The number of fused-ring (bicyclic) bond motifs is 1. The van der Waals surface area contributed by atoms with Crippen molar-refractivity contribution in [3.8, 4) is 6.07 Å². The molecule has 1 fully saturated rings. The number of benzene rings is 2. The predicted octanol–water partition coefficient (Wildman–Crippen LogP) is 3.04. The molecule has 1 aliphatic rings. The summed E-state index contributed by atoms with van der Waals surface area (Å²) in [6, 6.07) is 14.0. The molecule has 6 nitrogen and oxygen atoms in total. The minimum absolute atomic E-state index is 0.0237. The molecule has 0 saturated carbocycles. The van der Waals surface area contributed by atoms with Crippen LogP contribution >= 0.6 is 0 Å². The van der Waals surface area contributed by atoms with Gasteiger partial charge in [-0.25, -0.2) is 4.39 Å². The van der Waals surface area contributed by atoms with Gasteiger partial charge in [0.05, 0.1) is 17.7 Å². The summed E-state index contributed by atoms with van der Waals surface area (Å²) in [5.74, 6) is -0.315. The van der Waals surface area contributed by atoms with Gasteiger partial charge in [0, 0.05) is 38.5 Å². The molecule has 0 unspecified atom stereocenters. The molecular formula is C24H23FN4O2. The average molecular weight is 418 g/mol. The molecule has 0 spiro atoms. The molecule has 0 atom stereocenters. The zero-order valence-corrected chi connectivity index (χ0v) is 17.6. The number of carbonyl (C=O) groups excluding carboxylic acids is 1. The smallest absolute Gasteiger partial charge is 0.271 e. The largest absolute Gasteiger partial charge is 0.366 e. The Morgan fingerprint density at radius 3 is 2.39 bits per heavy atom. The highest BCUT2D eigenvalue weighted by Crippen LogP contribution is 2.31. The van der Waals surface area contributed by atoms with E-state index in [-0.39, 0.29) is 29.4 Å². The second-order valence-electron chi connectivity index (χ2n) is 7.87. The van der Waals surface area contributed by atoms with Gasteiger partial charge in [0.1, 0.15) is 17.4 Å². The number of aryl methyl sites for hydroxylation is 1. The number of carbonyl (C=O) groups is 1. The van der Waals surface area contributed by atoms with Crippen LogP contribution in [0, 0.1) is 24.1 Å². The predicted molar refractivity (Wildman–Crippen MR) is 118 cm³/mol. The first-order valence-corrected chi connectivity index (χ1v) is 10.2. The second-order valence-corrected chi connectivity index (χ2v) is 7.87. The van der Waals surface area contributed by atoms with Gasteiger partial charge in [0.25, 0.3) is 5.56 Å². The number of anilines is 1. The van der Waals surface area contributed by atoms with E-state index in [9.17, 15) is 19.2 Å². The van der Waals surface area contributed by atoms with Gasteiger partial charge in [-0.15, -0.1) is 0 Å². The van der Waals surface area contributed by atoms with Crippen LogP contribution < -0.4 is 10.5 Å². The maximum atomic E-state index is 13.4. The molecule has 2 heterocycles. The second kappa shape index (κ2) is 8.23. The van der Waals surface area contributed by atoms with Gasteiger partial charge >= 0.3 is 0 Å². The summed E-state index contributed by atoms with van der Waals surface area (Å²) in [6.45, 7) is 5.96. The Morgan fingerprint density at radius 1 is 1.10 bits per heavy atom. The first kappa shape index (κ1) is 20.6. The Morgan fingerprint density at radius 2 is 1.77 bits per heavy atom. The number of nitriles is 1. The monoisotopic (exact) mass is 418 g/mol. The zero-order valence-electron chi connectivity index (χ0n) is 17.6. The minimum Gasteiger partial charge on any atom is -0.366 e. The number of aromatic nitrogens is 1. The minimum atomic E-state index is -0.368. The van der Waals surface area contributed by atoms with Crippen LogP contribution in [-0.2, 0) is 11.3 Å².